The van der Waals surface area contributed by atoms with Crippen LogP contribution in [0.1, 0.15) is 17.5 Å². The number of hydrazine groups is 1. The molecule has 2 amide bonds. The van der Waals surface area contributed by atoms with Crippen LogP contribution in [0.4, 0.5) is 0 Å². The molecule has 9 heteroatoms. The van der Waals surface area contributed by atoms with Gasteiger partial charge >= 0.3 is 0 Å². The first-order valence-corrected chi connectivity index (χ1v) is 9.94. The van der Waals surface area contributed by atoms with Crippen LogP contribution in [0.25, 0.3) is 0 Å². The number of thiocarbonyl (C=S) groups is 1. The van der Waals surface area contributed by atoms with Gasteiger partial charge in [0.25, 0.3) is 5.91 Å². The van der Waals surface area contributed by atoms with E-state index in [4.69, 9.17) is 28.6 Å². The van der Waals surface area contributed by atoms with Crippen LogP contribution >= 0.6 is 39.7 Å². The van der Waals surface area contributed by atoms with Crippen LogP contribution in [0.3, 0.4) is 0 Å². The Balaban J connectivity index is 1.67. The SMILES string of the molecule is Cc1cc(Br)ccc1OCC(=O)NNC(=S)NC(=O)CCc1ccccc1Cl. The van der Waals surface area contributed by atoms with Crippen LogP contribution in [0, 0.1) is 6.92 Å². The third-order valence-corrected chi connectivity index (χ3v) is 4.71. The highest BCUT2D eigenvalue weighted by molar-refractivity contribution is 9.10. The largest absolute Gasteiger partial charge is 0.483 e. The van der Waals surface area contributed by atoms with Gasteiger partial charge in [0.1, 0.15) is 5.75 Å². The summed E-state index contributed by atoms with van der Waals surface area (Å²) in [6.45, 7) is 1.68. The molecule has 0 atom stereocenters. The highest BCUT2D eigenvalue weighted by Crippen LogP contribution is 2.22. The summed E-state index contributed by atoms with van der Waals surface area (Å²) < 4.78 is 6.38. The third kappa shape index (κ3) is 7.46. The van der Waals surface area contributed by atoms with Crippen LogP contribution in [-0.4, -0.2) is 23.5 Å². The Morgan fingerprint density at radius 2 is 1.89 bits per heavy atom. The molecular weight excluding hydrogens is 466 g/mol. The van der Waals surface area contributed by atoms with Crippen LogP contribution in [0.2, 0.25) is 5.02 Å². The molecule has 0 heterocycles. The summed E-state index contributed by atoms with van der Waals surface area (Å²) in [5.41, 5.74) is 6.62. The predicted octanol–water partition coefficient (Wildman–Crippen LogP) is 3.44. The molecule has 0 aliphatic rings. The molecule has 0 unspecified atom stereocenters. The lowest BCUT2D eigenvalue weighted by molar-refractivity contribution is -0.124. The fraction of sp³-hybridized carbons (Fsp3) is 0.211. The van der Waals surface area contributed by atoms with Gasteiger partial charge in [0.05, 0.1) is 0 Å². The number of benzene rings is 2. The molecule has 0 aliphatic carbocycles. The molecule has 0 fully saturated rings. The lowest BCUT2D eigenvalue weighted by atomic mass is 10.1. The van der Waals surface area contributed by atoms with Gasteiger partial charge < -0.3 is 10.1 Å². The third-order valence-electron chi connectivity index (χ3n) is 3.64. The number of carbonyl (C=O) groups is 2. The van der Waals surface area contributed by atoms with E-state index in [0.29, 0.717) is 17.2 Å². The van der Waals surface area contributed by atoms with E-state index < -0.39 is 5.91 Å². The minimum absolute atomic E-state index is 0.00247. The van der Waals surface area contributed by atoms with E-state index in [1.54, 1.807) is 12.1 Å². The van der Waals surface area contributed by atoms with E-state index in [-0.39, 0.29) is 24.0 Å². The average molecular weight is 485 g/mol. The smallest absolute Gasteiger partial charge is 0.276 e. The monoisotopic (exact) mass is 483 g/mol. The fourth-order valence-electron chi connectivity index (χ4n) is 2.25. The summed E-state index contributed by atoms with van der Waals surface area (Å²) in [5.74, 6) is -0.114. The Kier molecular flexibility index (Phi) is 8.69. The lowest BCUT2D eigenvalue weighted by Crippen LogP contribution is -2.49. The number of nitrogens with one attached hydrogen (secondary N) is 3. The lowest BCUT2D eigenvalue weighted by Gasteiger charge is -2.12. The number of amides is 2. The van der Waals surface area contributed by atoms with E-state index in [9.17, 15) is 9.59 Å². The second-order valence-corrected chi connectivity index (χ2v) is 7.57. The first-order chi connectivity index (χ1) is 13.3. The van der Waals surface area contributed by atoms with Crippen LogP contribution < -0.4 is 20.9 Å². The van der Waals surface area contributed by atoms with Crippen LogP contribution in [0.15, 0.2) is 46.9 Å². The highest BCUT2D eigenvalue weighted by Gasteiger charge is 2.09. The molecular formula is C19H19BrClN3O3S. The highest BCUT2D eigenvalue weighted by atomic mass is 79.9. The van der Waals surface area contributed by atoms with Crippen LogP contribution in [-0.2, 0) is 16.0 Å². The van der Waals surface area contributed by atoms with Crippen molar-refractivity contribution in [2.24, 2.45) is 0 Å². The Morgan fingerprint density at radius 3 is 2.61 bits per heavy atom. The van der Waals surface area contributed by atoms with Gasteiger partial charge in [-0.2, -0.15) is 0 Å². The van der Waals surface area contributed by atoms with E-state index in [2.05, 4.69) is 32.1 Å². The molecule has 2 aromatic rings. The van der Waals surface area contributed by atoms with E-state index >= 15 is 0 Å². The molecule has 148 valence electrons. The van der Waals surface area contributed by atoms with E-state index in [1.807, 2.05) is 37.3 Å². The molecule has 3 N–H and O–H groups in total. The molecule has 0 aliphatic heterocycles. The van der Waals surface area contributed by atoms with Crippen molar-refractivity contribution in [3.8, 4) is 5.75 Å². The first kappa shape index (κ1) is 22.1. The minimum atomic E-state index is -0.435. The number of hydrogen-bond acceptors (Lipinski definition) is 4. The Labute approximate surface area is 182 Å². The van der Waals surface area contributed by atoms with Gasteiger partial charge in [0, 0.05) is 15.9 Å². The second kappa shape index (κ2) is 11.0. The quantitative estimate of drug-likeness (QED) is 0.432. The first-order valence-electron chi connectivity index (χ1n) is 8.36. The fourth-order valence-corrected chi connectivity index (χ4v) is 3.12. The van der Waals surface area contributed by atoms with Gasteiger partial charge in [-0.15, -0.1) is 0 Å². The summed E-state index contributed by atoms with van der Waals surface area (Å²) in [6.07, 6.45) is 0.701. The van der Waals surface area contributed by atoms with E-state index in [1.165, 1.54) is 0 Å². The van der Waals surface area contributed by atoms with Crippen molar-refractivity contribution in [2.45, 2.75) is 19.8 Å². The van der Waals surface area contributed by atoms with Gasteiger partial charge in [-0.1, -0.05) is 45.7 Å². The van der Waals surface area contributed by atoms with Crippen LogP contribution in [0.5, 0.6) is 5.75 Å². The van der Waals surface area contributed by atoms with Gasteiger partial charge in [0.15, 0.2) is 11.7 Å². The number of hydrogen-bond donors (Lipinski definition) is 3. The maximum atomic E-state index is 11.9. The molecule has 2 aromatic carbocycles. The van der Waals surface area contributed by atoms with Crippen molar-refractivity contribution in [2.75, 3.05) is 6.61 Å². The van der Waals surface area contributed by atoms with Gasteiger partial charge in [-0.05, 0) is 61.0 Å². The maximum Gasteiger partial charge on any atom is 0.276 e. The summed E-state index contributed by atoms with van der Waals surface area (Å²) >= 11 is 14.4. The summed E-state index contributed by atoms with van der Waals surface area (Å²) in [7, 11) is 0. The zero-order chi connectivity index (χ0) is 20.5. The molecule has 0 bridgehead atoms. The number of rotatable bonds is 6. The Bertz CT molecular complexity index is 879. The van der Waals surface area contributed by atoms with Crippen molar-refractivity contribution in [3.05, 3.63) is 63.1 Å². The molecule has 6 nitrogen and oxygen atoms in total. The predicted molar refractivity (Wildman–Crippen MR) is 116 cm³/mol. The Morgan fingerprint density at radius 1 is 1.14 bits per heavy atom. The Hall–Kier alpha value is -2.16. The minimum Gasteiger partial charge on any atom is -0.483 e. The van der Waals surface area contributed by atoms with Crippen molar-refractivity contribution in [1.29, 1.82) is 0 Å². The maximum absolute atomic E-state index is 11.9. The van der Waals surface area contributed by atoms with Crippen molar-refractivity contribution >= 4 is 56.7 Å². The van der Waals surface area contributed by atoms with Crippen molar-refractivity contribution in [1.82, 2.24) is 16.2 Å². The van der Waals surface area contributed by atoms with Crippen molar-refractivity contribution in [3.63, 3.8) is 0 Å². The molecule has 0 saturated heterocycles. The molecule has 2 rings (SSSR count). The molecule has 0 radical (unpaired) electrons. The van der Waals surface area contributed by atoms with E-state index in [0.717, 1.165) is 15.6 Å². The molecule has 0 saturated carbocycles. The summed E-state index contributed by atoms with van der Waals surface area (Å²) in [4.78, 5) is 23.8. The topological polar surface area (TPSA) is 79.5 Å². The second-order valence-electron chi connectivity index (χ2n) is 5.84. The standard InChI is InChI=1S/C19H19BrClN3O3S/c1-12-10-14(20)7-8-16(12)27-11-18(26)23-24-19(28)22-17(25)9-6-13-4-2-3-5-15(13)21/h2-5,7-8,10H,6,9,11H2,1H3,(H,23,26)(H2,22,24,25,28). The summed E-state index contributed by atoms with van der Waals surface area (Å²) in [6, 6.07) is 12.8. The number of carbonyl (C=O) groups excluding carboxylic acids is 2. The van der Waals surface area contributed by atoms with Crippen molar-refractivity contribution < 1.29 is 14.3 Å². The normalized spacial score (nSPS) is 10.1. The van der Waals surface area contributed by atoms with Gasteiger partial charge in [-0.3, -0.25) is 20.4 Å². The number of halogens is 2. The zero-order valence-electron chi connectivity index (χ0n) is 15.1. The van der Waals surface area contributed by atoms with Gasteiger partial charge in [0.2, 0.25) is 5.91 Å². The molecule has 28 heavy (non-hydrogen) atoms. The zero-order valence-corrected chi connectivity index (χ0v) is 18.2. The molecule has 0 spiro atoms. The van der Waals surface area contributed by atoms with Gasteiger partial charge in [-0.25, -0.2) is 0 Å². The summed E-state index contributed by atoms with van der Waals surface area (Å²) in [5, 5.41) is 3.10. The number of aryl methyl sites for hydroxylation is 2. The molecule has 0 aromatic heterocycles. The average Bonchev–Trinajstić information content (AvgIpc) is 2.65. The number of ether oxygens (including phenoxy) is 1.